The van der Waals surface area contributed by atoms with E-state index in [0.29, 0.717) is 0 Å². The third-order valence-electron chi connectivity index (χ3n) is 2.98. The predicted molar refractivity (Wildman–Crippen MR) is 72.7 cm³/mol. The Balaban J connectivity index is 1.98. The molecule has 0 saturated heterocycles. The number of allylic oxidation sites excluding steroid dienone is 1. The highest BCUT2D eigenvalue weighted by Crippen LogP contribution is 2.39. The highest BCUT2D eigenvalue weighted by atomic mass is 32.1. The molecule has 1 radical (unpaired) electrons. The molecule has 3 heteroatoms. The number of hydrogen-bond donors (Lipinski definition) is 1. The van der Waals surface area contributed by atoms with E-state index in [4.69, 9.17) is 0 Å². The van der Waals surface area contributed by atoms with Crippen molar-refractivity contribution in [2.24, 2.45) is 4.99 Å². The molecule has 0 saturated carbocycles. The molecule has 2 aliphatic rings. The van der Waals surface area contributed by atoms with Crippen molar-refractivity contribution in [1.82, 2.24) is 4.90 Å². The zero-order valence-corrected chi connectivity index (χ0v) is 10.7. The first-order valence-electron chi connectivity index (χ1n) is 5.47. The number of nitrogens with zero attached hydrogens (tertiary/aromatic N) is 2. The van der Waals surface area contributed by atoms with Gasteiger partial charge in [-0.15, -0.1) is 12.6 Å². The van der Waals surface area contributed by atoms with Crippen LogP contribution in [0.15, 0.2) is 40.6 Å². The Morgan fingerprint density at radius 1 is 1.62 bits per heavy atom. The van der Waals surface area contributed by atoms with Gasteiger partial charge in [0.05, 0.1) is 11.3 Å². The molecule has 0 amide bonds. The van der Waals surface area contributed by atoms with Crippen molar-refractivity contribution in [3.63, 3.8) is 0 Å². The molecule has 0 fully saturated rings. The molecule has 85 valence electrons. The Labute approximate surface area is 103 Å². The maximum Gasteiger partial charge on any atom is 0.0982 e. The van der Waals surface area contributed by atoms with Crippen LogP contribution in [-0.4, -0.2) is 30.1 Å². The van der Waals surface area contributed by atoms with Crippen molar-refractivity contribution >= 4 is 18.8 Å². The molecular weight excluding hydrogens is 216 g/mol. The quantitative estimate of drug-likeness (QED) is 0.583. The van der Waals surface area contributed by atoms with Crippen LogP contribution in [0.4, 0.5) is 0 Å². The first kappa shape index (κ1) is 11.5. The number of dihydropyridines is 1. The fourth-order valence-electron chi connectivity index (χ4n) is 1.75. The van der Waals surface area contributed by atoms with Gasteiger partial charge in [0.15, 0.2) is 0 Å². The minimum atomic E-state index is 0.0471. The molecule has 0 spiro atoms. The molecule has 1 atom stereocenters. The van der Waals surface area contributed by atoms with Crippen LogP contribution >= 0.6 is 12.6 Å². The number of aliphatic imine (C=N–C) groups is 1. The second-order valence-corrected chi connectivity index (χ2v) is 4.69. The molecule has 0 bridgehead atoms. The Hall–Kier alpha value is -0.960. The average Bonchev–Trinajstić information content (AvgIpc) is 3.04. The SMILES string of the molecule is C=C([C]1C=C1C)N(C)C(S)C1=CCCN=C1. The zero-order valence-electron chi connectivity index (χ0n) is 9.77. The van der Waals surface area contributed by atoms with Gasteiger partial charge in [-0.1, -0.05) is 24.3 Å². The molecule has 0 aromatic rings. The maximum absolute atomic E-state index is 4.63. The van der Waals surface area contributed by atoms with Crippen LogP contribution in [-0.2, 0) is 0 Å². The Morgan fingerprint density at radius 3 is 2.81 bits per heavy atom. The van der Waals surface area contributed by atoms with Crippen molar-refractivity contribution in [2.75, 3.05) is 13.6 Å². The van der Waals surface area contributed by atoms with E-state index >= 15 is 0 Å². The van der Waals surface area contributed by atoms with Crippen molar-refractivity contribution in [2.45, 2.75) is 18.7 Å². The first-order valence-corrected chi connectivity index (χ1v) is 5.98. The lowest BCUT2D eigenvalue weighted by Gasteiger charge is -2.29. The smallest absolute Gasteiger partial charge is 0.0982 e. The van der Waals surface area contributed by atoms with Crippen molar-refractivity contribution < 1.29 is 0 Å². The van der Waals surface area contributed by atoms with Crippen LogP contribution in [0.2, 0.25) is 0 Å². The standard InChI is InChI=1S/C13H17N2S/c1-9-7-12(9)10(2)15(3)13(16)11-5-4-6-14-8-11/h5,7-8,13,16H,2,4,6H2,1,3H3. The molecule has 16 heavy (non-hydrogen) atoms. The highest BCUT2D eigenvalue weighted by Gasteiger charge is 2.29. The summed E-state index contributed by atoms with van der Waals surface area (Å²) in [5, 5.41) is 0.0471. The van der Waals surface area contributed by atoms with Gasteiger partial charge < -0.3 is 4.90 Å². The number of hydrogen-bond acceptors (Lipinski definition) is 3. The molecule has 0 N–H and O–H groups in total. The van der Waals surface area contributed by atoms with Crippen LogP contribution in [0.5, 0.6) is 0 Å². The van der Waals surface area contributed by atoms with E-state index in [0.717, 1.165) is 24.2 Å². The maximum atomic E-state index is 4.63. The van der Waals surface area contributed by atoms with E-state index in [-0.39, 0.29) is 5.37 Å². The zero-order chi connectivity index (χ0) is 11.7. The molecular formula is C13H17N2S. The van der Waals surface area contributed by atoms with E-state index < -0.39 is 0 Å². The van der Waals surface area contributed by atoms with E-state index in [1.165, 1.54) is 11.5 Å². The third kappa shape index (κ3) is 2.24. The summed E-state index contributed by atoms with van der Waals surface area (Å²) in [6.45, 7) is 7.10. The lowest BCUT2D eigenvalue weighted by atomic mass is 10.1. The van der Waals surface area contributed by atoms with Gasteiger partial charge in [-0.2, -0.15) is 0 Å². The summed E-state index contributed by atoms with van der Waals surface area (Å²) in [6, 6.07) is 0. The van der Waals surface area contributed by atoms with Crippen molar-refractivity contribution in [3.05, 3.63) is 41.5 Å². The summed E-state index contributed by atoms with van der Waals surface area (Å²) in [6.07, 6.45) is 7.27. The fraction of sp³-hybridized carbons (Fsp3) is 0.385. The third-order valence-corrected chi connectivity index (χ3v) is 3.63. The fourth-order valence-corrected chi connectivity index (χ4v) is 2.06. The number of likely N-dealkylation sites (N-methyl/N-ethyl adjacent to an activating group) is 1. The van der Waals surface area contributed by atoms with Crippen LogP contribution in [0.3, 0.4) is 0 Å². The number of rotatable bonds is 4. The van der Waals surface area contributed by atoms with Crippen molar-refractivity contribution in [1.29, 1.82) is 0 Å². The van der Waals surface area contributed by atoms with Gasteiger partial charge in [-0.3, -0.25) is 4.99 Å². The molecule has 1 unspecified atom stereocenters. The molecule has 0 aromatic carbocycles. The van der Waals surface area contributed by atoms with Crippen molar-refractivity contribution in [3.8, 4) is 0 Å². The van der Waals surface area contributed by atoms with Gasteiger partial charge in [0.25, 0.3) is 0 Å². The Bertz CT molecular complexity index is 393. The second-order valence-electron chi connectivity index (χ2n) is 4.20. The summed E-state index contributed by atoms with van der Waals surface area (Å²) in [5.41, 5.74) is 3.53. The molecule has 2 rings (SSSR count). The normalized spacial score (nSPS) is 21.2. The summed E-state index contributed by atoms with van der Waals surface area (Å²) in [5.74, 6) is 1.26. The summed E-state index contributed by atoms with van der Waals surface area (Å²) >= 11 is 4.63. The van der Waals surface area contributed by atoms with E-state index in [2.05, 4.69) is 48.2 Å². The molecule has 1 heterocycles. The van der Waals surface area contributed by atoms with E-state index in [1.54, 1.807) is 0 Å². The lowest BCUT2D eigenvalue weighted by molar-refractivity contribution is 0.438. The van der Waals surface area contributed by atoms with Gasteiger partial charge in [0.2, 0.25) is 0 Å². The van der Waals surface area contributed by atoms with Gasteiger partial charge in [-0.25, -0.2) is 0 Å². The Kier molecular flexibility index (Phi) is 3.24. The summed E-state index contributed by atoms with van der Waals surface area (Å²) in [7, 11) is 2.02. The molecule has 2 nitrogen and oxygen atoms in total. The van der Waals surface area contributed by atoms with Gasteiger partial charge >= 0.3 is 0 Å². The molecule has 1 aliphatic heterocycles. The van der Waals surface area contributed by atoms with Crippen LogP contribution in [0.25, 0.3) is 0 Å². The Morgan fingerprint density at radius 2 is 2.31 bits per heavy atom. The first-order chi connectivity index (χ1) is 7.61. The van der Waals surface area contributed by atoms with Crippen LogP contribution in [0, 0.1) is 5.92 Å². The minimum Gasteiger partial charge on any atom is -0.361 e. The summed E-state index contributed by atoms with van der Waals surface area (Å²) < 4.78 is 0. The van der Waals surface area contributed by atoms with Crippen LogP contribution in [0.1, 0.15) is 13.3 Å². The van der Waals surface area contributed by atoms with Gasteiger partial charge in [0, 0.05) is 25.5 Å². The summed E-state index contributed by atoms with van der Waals surface area (Å²) in [4.78, 5) is 6.37. The van der Waals surface area contributed by atoms with E-state index in [1.807, 2.05) is 13.3 Å². The second kappa shape index (κ2) is 4.50. The monoisotopic (exact) mass is 233 g/mol. The molecule has 0 aromatic heterocycles. The highest BCUT2D eigenvalue weighted by molar-refractivity contribution is 7.81. The average molecular weight is 233 g/mol. The number of thiol groups is 1. The van der Waals surface area contributed by atoms with E-state index in [9.17, 15) is 0 Å². The lowest BCUT2D eigenvalue weighted by Crippen LogP contribution is -2.29. The largest absolute Gasteiger partial charge is 0.361 e. The van der Waals surface area contributed by atoms with Gasteiger partial charge in [-0.05, 0) is 18.9 Å². The minimum absolute atomic E-state index is 0.0471. The predicted octanol–water partition coefficient (Wildman–Crippen LogP) is 2.62. The van der Waals surface area contributed by atoms with Gasteiger partial charge in [0.1, 0.15) is 0 Å². The molecule has 1 aliphatic carbocycles. The van der Waals surface area contributed by atoms with Crippen LogP contribution < -0.4 is 0 Å². The topological polar surface area (TPSA) is 15.6 Å².